The maximum atomic E-state index is 15.1. The van der Waals surface area contributed by atoms with Gasteiger partial charge in [-0.15, -0.1) is 0 Å². The fourth-order valence-electron chi connectivity index (χ4n) is 4.68. The third kappa shape index (κ3) is 4.15. The Morgan fingerprint density at radius 1 is 1.15 bits per heavy atom. The van der Waals surface area contributed by atoms with Gasteiger partial charge in [-0.25, -0.2) is 14.2 Å². The third-order valence-electron chi connectivity index (χ3n) is 6.31. The molecule has 4 rings (SSSR count). The molecule has 3 heterocycles. The van der Waals surface area contributed by atoms with Crippen LogP contribution in [-0.2, 0) is 10.3 Å². The number of halogens is 1. The molecule has 2 aromatic rings. The number of amides is 4. The monoisotopic (exact) mass is 453 g/mol. The van der Waals surface area contributed by atoms with Gasteiger partial charge < -0.3 is 15.1 Å². The Labute approximate surface area is 192 Å². The summed E-state index contributed by atoms with van der Waals surface area (Å²) in [5, 5.41) is 4.86. The van der Waals surface area contributed by atoms with Crippen molar-refractivity contribution in [1.29, 1.82) is 0 Å². The molecule has 33 heavy (non-hydrogen) atoms. The molecule has 0 bridgehead atoms. The summed E-state index contributed by atoms with van der Waals surface area (Å²) >= 11 is 0. The number of pyridine rings is 1. The number of anilines is 1. The van der Waals surface area contributed by atoms with Crippen LogP contribution in [0.5, 0.6) is 0 Å². The number of benzene rings is 1. The fraction of sp³-hybridized carbons (Fsp3) is 0.417. The van der Waals surface area contributed by atoms with Gasteiger partial charge in [-0.1, -0.05) is 25.5 Å². The molecule has 1 atom stereocenters. The maximum absolute atomic E-state index is 15.1. The topological polar surface area (TPSA) is 94.6 Å². The molecule has 8 nitrogen and oxygen atoms in total. The molecule has 0 spiro atoms. The van der Waals surface area contributed by atoms with Crippen molar-refractivity contribution >= 4 is 23.7 Å². The molecule has 0 radical (unpaired) electrons. The van der Waals surface area contributed by atoms with E-state index in [9.17, 15) is 14.4 Å². The van der Waals surface area contributed by atoms with E-state index in [2.05, 4.69) is 26.6 Å². The molecular weight excluding hydrogens is 425 g/mol. The minimum absolute atomic E-state index is 0.0479. The number of aromatic nitrogens is 1. The predicted octanol–water partition coefficient (Wildman–Crippen LogP) is 2.63. The summed E-state index contributed by atoms with van der Waals surface area (Å²) in [4.78, 5) is 45.5. The summed E-state index contributed by atoms with van der Waals surface area (Å²) < 4.78 is 15.1. The Hall–Kier alpha value is -3.49. The molecule has 0 aliphatic carbocycles. The first-order valence-electron chi connectivity index (χ1n) is 11.2. The van der Waals surface area contributed by atoms with Crippen molar-refractivity contribution in [1.82, 2.24) is 20.5 Å². The minimum atomic E-state index is -1.32. The lowest BCUT2D eigenvalue weighted by molar-refractivity contribution is -0.124. The molecule has 2 aliphatic rings. The third-order valence-corrected chi connectivity index (χ3v) is 6.31. The molecule has 1 unspecified atom stereocenters. The van der Waals surface area contributed by atoms with E-state index < -0.39 is 29.2 Å². The zero-order valence-electron chi connectivity index (χ0n) is 19.1. The molecule has 174 valence electrons. The Kier molecular flexibility index (Phi) is 6.05. The number of imide groups is 1. The van der Waals surface area contributed by atoms with Crippen LogP contribution in [-0.4, -0.2) is 53.9 Å². The van der Waals surface area contributed by atoms with Gasteiger partial charge in [0.25, 0.3) is 11.8 Å². The largest absolute Gasteiger partial charge is 0.353 e. The van der Waals surface area contributed by atoms with Crippen LogP contribution in [0.1, 0.15) is 46.8 Å². The van der Waals surface area contributed by atoms with Crippen molar-refractivity contribution in [3.63, 3.8) is 0 Å². The van der Waals surface area contributed by atoms with Gasteiger partial charge >= 0.3 is 6.03 Å². The van der Waals surface area contributed by atoms with Crippen LogP contribution in [0.15, 0.2) is 30.5 Å². The molecule has 1 aromatic heterocycles. The number of urea groups is 1. The van der Waals surface area contributed by atoms with Gasteiger partial charge in [0.1, 0.15) is 17.2 Å². The van der Waals surface area contributed by atoms with E-state index in [0.717, 1.165) is 16.9 Å². The lowest BCUT2D eigenvalue weighted by Gasteiger charge is -2.36. The Morgan fingerprint density at radius 2 is 1.88 bits per heavy atom. The Balaban J connectivity index is 1.49. The van der Waals surface area contributed by atoms with Gasteiger partial charge in [-0.05, 0) is 49.1 Å². The van der Waals surface area contributed by atoms with Crippen LogP contribution in [0.25, 0.3) is 0 Å². The van der Waals surface area contributed by atoms with Crippen LogP contribution in [0.3, 0.4) is 0 Å². The van der Waals surface area contributed by atoms with Crippen LogP contribution < -0.4 is 15.5 Å². The first kappa shape index (κ1) is 22.7. The van der Waals surface area contributed by atoms with Gasteiger partial charge in [-0.3, -0.25) is 14.9 Å². The average Bonchev–Trinajstić information content (AvgIpc) is 3.07. The van der Waals surface area contributed by atoms with Gasteiger partial charge in [0, 0.05) is 32.4 Å². The Bertz CT molecular complexity index is 1110. The fourth-order valence-corrected chi connectivity index (χ4v) is 4.68. The highest BCUT2D eigenvalue weighted by Gasteiger charge is 2.47. The molecule has 2 saturated heterocycles. The number of piperazine rings is 1. The van der Waals surface area contributed by atoms with Gasteiger partial charge in [0.05, 0.1) is 5.56 Å². The lowest BCUT2D eigenvalue weighted by Crippen LogP contribution is -2.49. The number of hydrogen-bond acceptors (Lipinski definition) is 5. The van der Waals surface area contributed by atoms with Crippen molar-refractivity contribution < 1.29 is 18.8 Å². The van der Waals surface area contributed by atoms with Crippen molar-refractivity contribution in [3.8, 4) is 0 Å². The van der Waals surface area contributed by atoms with E-state index in [0.29, 0.717) is 44.6 Å². The minimum Gasteiger partial charge on any atom is -0.353 e. The molecule has 1 aromatic carbocycles. The molecule has 2 fully saturated rings. The number of hydrogen-bond donors (Lipinski definition) is 2. The van der Waals surface area contributed by atoms with Gasteiger partial charge in [-0.2, -0.15) is 0 Å². The zero-order valence-corrected chi connectivity index (χ0v) is 19.1. The van der Waals surface area contributed by atoms with E-state index >= 15 is 4.39 Å². The molecular formula is C24H28FN5O3. The Morgan fingerprint density at radius 3 is 2.45 bits per heavy atom. The van der Waals surface area contributed by atoms with Crippen LogP contribution in [0.2, 0.25) is 0 Å². The standard InChI is InChI=1S/C24H28FN5O3/c1-4-7-24(22(32)27-23(33)28-24)17-5-6-18(19(25)13-17)21(31)30-10-8-29(9-11-30)20-16(3)12-15(2)14-26-20/h5-6,12-14H,4,7-11H2,1-3H3,(H2,27,28,32,33). The van der Waals surface area contributed by atoms with E-state index in [1.165, 1.54) is 12.1 Å². The van der Waals surface area contributed by atoms with Gasteiger partial charge in [0.15, 0.2) is 0 Å². The van der Waals surface area contributed by atoms with Crippen LogP contribution >= 0.6 is 0 Å². The highest BCUT2D eigenvalue weighted by atomic mass is 19.1. The normalized spacial score (nSPS) is 20.6. The number of rotatable bonds is 5. The van der Waals surface area contributed by atoms with Crippen LogP contribution in [0, 0.1) is 19.7 Å². The summed E-state index contributed by atoms with van der Waals surface area (Å²) in [7, 11) is 0. The summed E-state index contributed by atoms with van der Waals surface area (Å²) in [6.45, 7) is 8.00. The zero-order chi connectivity index (χ0) is 23.8. The molecule has 2 aliphatic heterocycles. The van der Waals surface area contributed by atoms with Gasteiger partial charge in [0.2, 0.25) is 0 Å². The van der Waals surface area contributed by atoms with E-state index in [4.69, 9.17) is 0 Å². The average molecular weight is 454 g/mol. The second-order valence-corrected chi connectivity index (χ2v) is 8.69. The maximum Gasteiger partial charge on any atom is 0.322 e. The lowest BCUT2D eigenvalue weighted by atomic mass is 9.85. The van der Waals surface area contributed by atoms with Crippen molar-refractivity contribution in [3.05, 3.63) is 58.5 Å². The van der Waals surface area contributed by atoms with Crippen molar-refractivity contribution in [2.75, 3.05) is 31.1 Å². The van der Waals surface area contributed by atoms with E-state index in [1.54, 1.807) is 11.0 Å². The first-order chi connectivity index (χ1) is 15.7. The molecule has 2 N–H and O–H groups in total. The summed E-state index contributed by atoms with van der Waals surface area (Å²) in [5.41, 5.74) is 1.14. The number of nitrogens with zero attached hydrogens (tertiary/aromatic N) is 3. The summed E-state index contributed by atoms with van der Waals surface area (Å²) in [5.74, 6) is -0.706. The number of nitrogens with one attached hydrogen (secondary N) is 2. The van der Waals surface area contributed by atoms with E-state index in [1.807, 2.05) is 27.0 Å². The molecule has 4 amide bonds. The van der Waals surface area contributed by atoms with Crippen molar-refractivity contribution in [2.45, 2.75) is 39.2 Å². The number of carbonyl (C=O) groups is 3. The summed E-state index contributed by atoms with van der Waals surface area (Å²) in [6.07, 6.45) is 2.76. The quantitative estimate of drug-likeness (QED) is 0.679. The van der Waals surface area contributed by atoms with Crippen molar-refractivity contribution in [2.24, 2.45) is 0 Å². The first-order valence-corrected chi connectivity index (χ1v) is 11.2. The second-order valence-electron chi connectivity index (χ2n) is 8.69. The SMILES string of the molecule is CCCC1(c2ccc(C(=O)N3CCN(c4ncc(C)cc4C)CC3)c(F)c2)NC(=O)NC1=O. The predicted molar refractivity (Wildman–Crippen MR) is 121 cm³/mol. The number of aryl methyl sites for hydroxylation is 2. The summed E-state index contributed by atoms with van der Waals surface area (Å²) in [6, 6.07) is 5.61. The second kappa shape index (κ2) is 8.80. The number of carbonyl (C=O) groups excluding carboxylic acids is 3. The molecule has 9 heteroatoms. The highest BCUT2D eigenvalue weighted by Crippen LogP contribution is 2.31. The molecule has 0 saturated carbocycles. The smallest absolute Gasteiger partial charge is 0.322 e. The van der Waals surface area contributed by atoms with E-state index in [-0.39, 0.29) is 5.56 Å². The van der Waals surface area contributed by atoms with Crippen LogP contribution in [0.4, 0.5) is 15.0 Å². The highest BCUT2D eigenvalue weighted by molar-refractivity contribution is 6.07.